The van der Waals surface area contributed by atoms with Gasteiger partial charge in [0.15, 0.2) is 0 Å². The quantitative estimate of drug-likeness (QED) is 0.861. The smallest absolute Gasteiger partial charge is 0.134 e. The second kappa shape index (κ2) is 4.00. The standard InChI is InChI=1S/C14H19N3O/c1-2-11-10-6-15-7-12(10)17-14(16-11)9-5-8-3-4-13(9)18-8/h8-9,13,15H,2-7H2,1H3. The van der Waals surface area contributed by atoms with Crippen molar-refractivity contribution in [1.82, 2.24) is 15.3 Å². The van der Waals surface area contributed by atoms with Gasteiger partial charge in [-0.1, -0.05) is 6.92 Å². The summed E-state index contributed by atoms with van der Waals surface area (Å²) in [5, 5.41) is 3.38. The molecule has 1 aromatic rings. The molecule has 3 aliphatic heterocycles. The van der Waals surface area contributed by atoms with Crippen LogP contribution in [0.1, 0.15) is 54.9 Å². The normalized spacial score (nSPS) is 33.1. The molecule has 4 rings (SSSR count). The second-order valence-corrected chi connectivity index (χ2v) is 5.63. The van der Waals surface area contributed by atoms with Crippen LogP contribution in [0.3, 0.4) is 0 Å². The van der Waals surface area contributed by atoms with Crippen molar-refractivity contribution in [1.29, 1.82) is 0 Å². The number of nitrogens with zero attached hydrogens (tertiary/aromatic N) is 2. The van der Waals surface area contributed by atoms with Crippen molar-refractivity contribution in [3.63, 3.8) is 0 Å². The fraction of sp³-hybridized carbons (Fsp3) is 0.714. The zero-order valence-corrected chi connectivity index (χ0v) is 10.8. The highest BCUT2D eigenvalue weighted by Gasteiger charge is 2.43. The van der Waals surface area contributed by atoms with Gasteiger partial charge in [0.25, 0.3) is 0 Å². The maximum absolute atomic E-state index is 5.94. The highest BCUT2D eigenvalue weighted by atomic mass is 16.5. The highest BCUT2D eigenvalue weighted by Crippen LogP contribution is 2.43. The number of rotatable bonds is 2. The molecule has 0 radical (unpaired) electrons. The molecule has 3 aliphatic rings. The molecular weight excluding hydrogens is 226 g/mol. The Labute approximate surface area is 107 Å². The number of ether oxygens (including phenoxy) is 1. The lowest BCUT2D eigenvalue weighted by Crippen LogP contribution is -2.19. The summed E-state index contributed by atoms with van der Waals surface area (Å²) in [6.07, 6.45) is 5.40. The van der Waals surface area contributed by atoms with Crippen LogP contribution >= 0.6 is 0 Å². The summed E-state index contributed by atoms with van der Waals surface area (Å²) in [5.74, 6) is 1.49. The van der Waals surface area contributed by atoms with Crippen molar-refractivity contribution in [2.24, 2.45) is 0 Å². The second-order valence-electron chi connectivity index (χ2n) is 5.63. The Morgan fingerprint density at radius 3 is 2.94 bits per heavy atom. The molecule has 4 heteroatoms. The van der Waals surface area contributed by atoms with Gasteiger partial charge in [-0.2, -0.15) is 0 Å². The number of nitrogens with one attached hydrogen (secondary N) is 1. The Morgan fingerprint density at radius 1 is 1.28 bits per heavy atom. The molecule has 2 bridgehead atoms. The number of fused-ring (bicyclic) bond motifs is 3. The molecule has 2 fully saturated rings. The van der Waals surface area contributed by atoms with Gasteiger partial charge in [-0.25, -0.2) is 9.97 Å². The highest BCUT2D eigenvalue weighted by molar-refractivity contribution is 5.30. The van der Waals surface area contributed by atoms with E-state index in [0.29, 0.717) is 18.1 Å². The predicted octanol–water partition coefficient (Wildman–Crippen LogP) is 1.68. The first-order valence-electron chi connectivity index (χ1n) is 7.10. The first kappa shape index (κ1) is 10.9. The first-order chi connectivity index (χ1) is 8.85. The van der Waals surface area contributed by atoms with E-state index in [1.165, 1.54) is 29.8 Å². The first-order valence-corrected chi connectivity index (χ1v) is 7.10. The zero-order chi connectivity index (χ0) is 12.1. The largest absolute Gasteiger partial charge is 0.374 e. The lowest BCUT2D eigenvalue weighted by molar-refractivity contribution is 0.0998. The maximum Gasteiger partial charge on any atom is 0.134 e. The lowest BCUT2D eigenvalue weighted by atomic mass is 9.88. The van der Waals surface area contributed by atoms with Gasteiger partial charge in [0, 0.05) is 30.3 Å². The van der Waals surface area contributed by atoms with Crippen molar-refractivity contribution in [3.05, 3.63) is 22.8 Å². The summed E-state index contributed by atoms with van der Waals surface area (Å²) in [7, 11) is 0. The van der Waals surface area contributed by atoms with Gasteiger partial charge in [0.1, 0.15) is 5.82 Å². The van der Waals surface area contributed by atoms with Gasteiger partial charge in [0.05, 0.1) is 17.9 Å². The average molecular weight is 245 g/mol. The molecule has 3 unspecified atom stereocenters. The van der Waals surface area contributed by atoms with E-state index in [1.807, 2.05) is 0 Å². The molecule has 3 atom stereocenters. The number of hydrogen-bond acceptors (Lipinski definition) is 4. The third kappa shape index (κ3) is 1.52. The van der Waals surface area contributed by atoms with Gasteiger partial charge in [-0.05, 0) is 25.7 Å². The topological polar surface area (TPSA) is 47.0 Å². The molecule has 4 heterocycles. The van der Waals surface area contributed by atoms with E-state index in [2.05, 4.69) is 12.2 Å². The average Bonchev–Trinajstić information content (AvgIpc) is 3.12. The van der Waals surface area contributed by atoms with E-state index < -0.39 is 0 Å². The van der Waals surface area contributed by atoms with E-state index >= 15 is 0 Å². The van der Waals surface area contributed by atoms with Crippen molar-refractivity contribution in [3.8, 4) is 0 Å². The molecule has 4 nitrogen and oxygen atoms in total. The van der Waals surface area contributed by atoms with Gasteiger partial charge >= 0.3 is 0 Å². The van der Waals surface area contributed by atoms with Crippen molar-refractivity contribution in [2.75, 3.05) is 0 Å². The van der Waals surface area contributed by atoms with Crippen LogP contribution < -0.4 is 5.32 Å². The van der Waals surface area contributed by atoms with Crippen LogP contribution in [0.4, 0.5) is 0 Å². The molecule has 0 amide bonds. The molecule has 96 valence electrons. The Morgan fingerprint density at radius 2 is 2.22 bits per heavy atom. The lowest BCUT2D eigenvalue weighted by Gasteiger charge is -2.18. The van der Waals surface area contributed by atoms with Gasteiger partial charge < -0.3 is 10.1 Å². The van der Waals surface area contributed by atoms with E-state index in [4.69, 9.17) is 14.7 Å². The third-order valence-electron chi connectivity index (χ3n) is 4.56. The van der Waals surface area contributed by atoms with Crippen molar-refractivity contribution < 1.29 is 4.74 Å². The van der Waals surface area contributed by atoms with Gasteiger partial charge in [-0.15, -0.1) is 0 Å². The fourth-order valence-corrected chi connectivity index (χ4v) is 3.63. The van der Waals surface area contributed by atoms with Crippen LogP contribution in [0, 0.1) is 0 Å². The van der Waals surface area contributed by atoms with Crippen LogP contribution in [0.15, 0.2) is 0 Å². The Kier molecular flexibility index (Phi) is 2.42. The van der Waals surface area contributed by atoms with Crippen LogP contribution in [-0.2, 0) is 24.2 Å². The molecule has 2 saturated heterocycles. The molecule has 18 heavy (non-hydrogen) atoms. The molecule has 0 spiro atoms. The summed E-state index contributed by atoms with van der Waals surface area (Å²) in [6.45, 7) is 4.02. The summed E-state index contributed by atoms with van der Waals surface area (Å²) in [6, 6.07) is 0. The van der Waals surface area contributed by atoms with E-state index in [0.717, 1.165) is 31.8 Å². The zero-order valence-electron chi connectivity index (χ0n) is 10.8. The summed E-state index contributed by atoms with van der Waals surface area (Å²) in [4.78, 5) is 9.64. The van der Waals surface area contributed by atoms with Gasteiger partial charge in [0.2, 0.25) is 0 Å². The van der Waals surface area contributed by atoms with Crippen molar-refractivity contribution in [2.45, 2.75) is 63.8 Å². The Hall–Kier alpha value is -1.00. The minimum Gasteiger partial charge on any atom is -0.374 e. The number of hydrogen-bond donors (Lipinski definition) is 1. The van der Waals surface area contributed by atoms with Crippen LogP contribution in [-0.4, -0.2) is 22.2 Å². The predicted molar refractivity (Wildman–Crippen MR) is 67.2 cm³/mol. The molecule has 1 N–H and O–H groups in total. The summed E-state index contributed by atoms with van der Waals surface area (Å²) < 4.78 is 5.94. The van der Waals surface area contributed by atoms with Crippen LogP contribution in [0.25, 0.3) is 0 Å². The van der Waals surface area contributed by atoms with Gasteiger partial charge in [-0.3, -0.25) is 0 Å². The molecular formula is C14H19N3O. The fourth-order valence-electron chi connectivity index (χ4n) is 3.63. The van der Waals surface area contributed by atoms with Crippen LogP contribution in [0.2, 0.25) is 0 Å². The Bertz CT molecular complexity index is 488. The van der Waals surface area contributed by atoms with E-state index in [9.17, 15) is 0 Å². The van der Waals surface area contributed by atoms with Crippen molar-refractivity contribution >= 4 is 0 Å². The van der Waals surface area contributed by atoms with E-state index in [-0.39, 0.29) is 0 Å². The number of aromatic nitrogens is 2. The summed E-state index contributed by atoms with van der Waals surface area (Å²) in [5.41, 5.74) is 3.80. The Balaban J connectivity index is 1.73. The van der Waals surface area contributed by atoms with Crippen LogP contribution in [0.5, 0.6) is 0 Å². The maximum atomic E-state index is 5.94. The molecule has 0 aromatic carbocycles. The minimum atomic E-state index is 0.382. The monoisotopic (exact) mass is 245 g/mol. The molecule has 0 aliphatic carbocycles. The van der Waals surface area contributed by atoms with E-state index in [1.54, 1.807) is 0 Å². The summed E-state index contributed by atoms with van der Waals surface area (Å²) >= 11 is 0. The SMILES string of the molecule is CCc1nc(C2CC3CCC2O3)nc2c1CNC2. The number of aryl methyl sites for hydroxylation is 1. The molecule has 0 saturated carbocycles. The minimum absolute atomic E-state index is 0.382. The molecule has 1 aromatic heterocycles. The third-order valence-corrected chi connectivity index (χ3v) is 4.56.